The maximum absolute atomic E-state index is 12.0. The molecule has 10 heteroatoms. The molecule has 1 aromatic heterocycles. The van der Waals surface area contributed by atoms with Gasteiger partial charge in [0.25, 0.3) is 11.8 Å². The van der Waals surface area contributed by atoms with Gasteiger partial charge in [0.05, 0.1) is 6.61 Å². The monoisotopic (exact) mass is 410 g/mol. The smallest absolute Gasteiger partial charge is 0.276 e. The van der Waals surface area contributed by atoms with Gasteiger partial charge in [-0.25, -0.2) is 0 Å². The van der Waals surface area contributed by atoms with Crippen LogP contribution in [0.1, 0.15) is 13.3 Å². The molecule has 3 rings (SSSR count). The van der Waals surface area contributed by atoms with Crippen molar-refractivity contribution >= 4 is 11.8 Å². The summed E-state index contributed by atoms with van der Waals surface area (Å²) in [6.07, 6.45) is 0.855. The lowest BCUT2D eigenvalue weighted by atomic mass is 10.2. The molecule has 0 aliphatic rings. The van der Waals surface area contributed by atoms with Crippen molar-refractivity contribution in [3.63, 3.8) is 0 Å². The third-order valence-corrected chi connectivity index (χ3v) is 3.78. The molecule has 0 unspecified atom stereocenters. The number of para-hydroxylation sites is 2. The van der Waals surface area contributed by atoms with Crippen LogP contribution in [0, 0.1) is 0 Å². The zero-order valence-corrected chi connectivity index (χ0v) is 16.4. The largest absolute Gasteiger partial charge is 0.490 e. The van der Waals surface area contributed by atoms with Crippen LogP contribution in [0.25, 0.3) is 11.4 Å². The highest BCUT2D eigenvalue weighted by atomic mass is 16.5. The highest BCUT2D eigenvalue weighted by Crippen LogP contribution is 2.26. The molecule has 2 N–H and O–H groups in total. The van der Waals surface area contributed by atoms with Crippen LogP contribution in [0.2, 0.25) is 0 Å². The second-order valence-corrected chi connectivity index (χ2v) is 6.19. The van der Waals surface area contributed by atoms with Crippen molar-refractivity contribution in [2.45, 2.75) is 19.9 Å². The molecular formula is C20H22N6O4. The van der Waals surface area contributed by atoms with E-state index in [9.17, 15) is 9.59 Å². The molecule has 0 atom stereocenters. The molecule has 10 nitrogen and oxygen atoms in total. The van der Waals surface area contributed by atoms with Gasteiger partial charge in [-0.3, -0.25) is 20.4 Å². The first-order valence-corrected chi connectivity index (χ1v) is 9.41. The number of hydrazine groups is 1. The number of hydrogen-bond donors (Lipinski definition) is 2. The second-order valence-electron chi connectivity index (χ2n) is 6.19. The van der Waals surface area contributed by atoms with E-state index in [1.807, 2.05) is 43.3 Å². The number of carbonyl (C=O) groups excluding carboxylic acids is 2. The highest BCUT2D eigenvalue weighted by Gasteiger charge is 2.11. The molecule has 0 bridgehead atoms. The van der Waals surface area contributed by atoms with E-state index in [1.165, 1.54) is 0 Å². The van der Waals surface area contributed by atoms with Gasteiger partial charge in [0.1, 0.15) is 6.54 Å². The van der Waals surface area contributed by atoms with E-state index in [4.69, 9.17) is 9.47 Å². The first kappa shape index (κ1) is 20.8. The van der Waals surface area contributed by atoms with E-state index in [0.29, 0.717) is 23.9 Å². The molecule has 0 fully saturated rings. The summed E-state index contributed by atoms with van der Waals surface area (Å²) in [5.74, 6) is 0.386. The molecule has 3 aromatic rings. The molecule has 0 radical (unpaired) electrons. The van der Waals surface area contributed by atoms with Crippen molar-refractivity contribution in [1.82, 2.24) is 31.1 Å². The fourth-order valence-corrected chi connectivity index (χ4v) is 2.40. The molecule has 0 saturated heterocycles. The van der Waals surface area contributed by atoms with Crippen LogP contribution < -0.4 is 20.3 Å². The Morgan fingerprint density at radius 3 is 2.33 bits per heavy atom. The van der Waals surface area contributed by atoms with Crippen molar-refractivity contribution in [2.24, 2.45) is 0 Å². The average molecular weight is 410 g/mol. The summed E-state index contributed by atoms with van der Waals surface area (Å²) in [4.78, 5) is 25.1. The van der Waals surface area contributed by atoms with Crippen molar-refractivity contribution in [3.05, 3.63) is 54.6 Å². The van der Waals surface area contributed by atoms with E-state index < -0.39 is 11.8 Å². The van der Waals surface area contributed by atoms with Crippen molar-refractivity contribution in [1.29, 1.82) is 0 Å². The van der Waals surface area contributed by atoms with Crippen molar-refractivity contribution in [3.8, 4) is 22.9 Å². The Morgan fingerprint density at radius 1 is 0.933 bits per heavy atom. The van der Waals surface area contributed by atoms with Crippen LogP contribution >= 0.6 is 0 Å². The summed E-state index contributed by atoms with van der Waals surface area (Å²) in [6.45, 7) is 2.06. The molecule has 0 spiro atoms. The lowest BCUT2D eigenvalue weighted by Gasteiger charge is -2.12. The van der Waals surface area contributed by atoms with E-state index >= 15 is 0 Å². The normalized spacial score (nSPS) is 10.3. The Labute approximate surface area is 173 Å². The number of nitrogens with one attached hydrogen (secondary N) is 2. The first-order chi connectivity index (χ1) is 14.7. The molecule has 156 valence electrons. The quantitative estimate of drug-likeness (QED) is 0.511. The van der Waals surface area contributed by atoms with E-state index in [2.05, 4.69) is 26.3 Å². The molecule has 30 heavy (non-hydrogen) atoms. The van der Waals surface area contributed by atoms with Crippen LogP contribution in [-0.4, -0.2) is 45.2 Å². The van der Waals surface area contributed by atoms with Gasteiger partial charge in [0.2, 0.25) is 5.82 Å². The Balaban J connectivity index is 1.43. The Hall–Kier alpha value is -3.95. The number of carbonyl (C=O) groups is 2. The van der Waals surface area contributed by atoms with Crippen LogP contribution in [0.3, 0.4) is 0 Å². The summed E-state index contributed by atoms with van der Waals surface area (Å²) in [6, 6.07) is 16.3. The number of benzene rings is 2. The summed E-state index contributed by atoms with van der Waals surface area (Å²) >= 11 is 0. The zero-order valence-electron chi connectivity index (χ0n) is 16.4. The van der Waals surface area contributed by atoms with Gasteiger partial charge < -0.3 is 9.47 Å². The van der Waals surface area contributed by atoms with Gasteiger partial charge in [-0.1, -0.05) is 49.4 Å². The predicted molar refractivity (Wildman–Crippen MR) is 107 cm³/mol. The first-order valence-electron chi connectivity index (χ1n) is 9.41. The minimum absolute atomic E-state index is 0.200. The van der Waals surface area contributed by atoms with Crippen LogP contribution in [0.5, 0.6) is 11.5 Å². The minimum Gasteiger partial charge on any atom is -0.490 e. The Bertz CT molecular complexity index is 976. The van der Waals surface area contributed by atoms with E-state index in [-0.39, 0.29) is 13.2 Å². The van der Waals surface area contributed by atoms with E-state index in [1.54, 1.807) is 18.2 Å². The Morgan fingerprint density at radius 2 is 1.60 bits per heavy atom. The lowest BCUT2D eigenvalue weighted by Crippen LogP contribution is -2.45. The minimum atomic E-state index is -0.523. The molecule has 0 saturated carbocycles. The third kappa shape index (κ3) is 6.03. The third-order valence-electron chi connectivity index (χ3n) is 3.78. The number of rotatable bonds is 9. The van der Waals surface area contributed by atoms with Gasteiger partial charge in [0, 0.05) is 5.56 Å². The van der Waals surface area contributed by atoms with Gasteiger partial charge in [-0.05, 0) is 23.8 Å². The topological polar surface area (TPSA) is 120 Å². The number of amides is 2. The number of ether oxygens (including phenoxy) is 2. The van der Waals surface area contributed by atoms with Gasteiger partial charge in [0.15, 0.2) is 18.1 Å². The standard InChI is InChI=1S/C20H22N6O4/c1-2-12-29-16-10-6-7-11-17(16)30-14-19(28)22-21-18(27)13-26-24-20(23-25-26)15-8-4-3-5-9-15/h3-11H,2,12-14H2,1H3,(H,21,27)(H,22,28). The number of nitrogens with zero attached hydrogens (tertiary/aromatic N) is 4. The van der Waals surface area contributed by atoms with Gasteiger partial charge >= 0.3 is 0 Å². The fourth-order valence-electron chi connectivity index (χ4n) is 2.40. The van der Waals surface area contributed by atoms with Crippen molar-refractivity contribution < 1.29 is 19.1 Å². The SMILES string of the molecule is CCCOc1ccccc1OCC(=O)NNC(=O)Cn1nnc(-c2ccccc2)n1. The molecule has 1 heterocycles. The molecule has 2 amide bonds. The molecule has 0 aliphatic heterocycles. The summed E-state index contributed by atoms with van der Waals surface area (Å²) in [5, 5.41) is 11.9. The van der Waals surface area contributed by atoms with Gasteiger partial charge in [-0.2, -0.15) is 4.80 Å². The number of hydrogen-bond acceptors (Lipinski definition) is 7. The molecule has 0 aliphatic carbocycles. The van der Waals surface area contributed by atoms with Crippen molar-refractivity contribution in [2.75, 3.05) is 13.2 Å². The van der Waals surface area contributed by atoms with Crippen LogP contribution in [-0.2, 0) is 16.1 Å². The van der Waals surface area contributed by atoms with Gasteiger partial charge in [-0.15, -0.1) is 10.2 Å². The zero-order chi connectivity index (χ0) is 21.2. The maximum atomic E-state index is 12.0. The van der Waals surface area contributed by atoms with Crippen LogP contribution in [0.15, 0.2) is 54.6 Å². The number of aromatic nitrogens is 4. The average Bonchev–Trinajstić information content (AvgIpc) is 3.24. The lowest BCUT2D eigenvalue weighted by molar-refractivity contribution is -0.130. The number of tetrazole rings is 1. The summed E-state index contributed by atoms with van der Waals surface area (Å²) < 4.78 is 11.0. The second kappa shape index (κ2) is 10.6. The maximum Gasteiger partial charge on any atom is 0.276 e. The molecule has 2 aromatic carbocycles. The summed E-state index contributed by atoms with van der Waals surface area (Å²) in [7, 11) is 0. The Kier molecular flexibility index (Phi) is 7.31. The predicted octanol–water partition coefficient (Wildman–Crippen LogP) is 1.36. The molecular weight excluding hydrogens is 388 g/mol. The summed E-state index contributed by atoms with van der Waals surface area (Å²) in [5.41, 5.74) is 5.36. The van der Waals surface area contributed by atoms with Crippen LogP contribution in [0.4, 0.5) is 0 Å². The fraction of sp³-hybridized carbons (Fsp3) is 0.250. The van der Waals surface area contributed by atoms with E-state index in [0.717, 1.165) is 16.8 Å². The highest BCUT2D eigenvalue weighted by molar-refractivity contribution is 5.82.